The summed E-state index contributed by atoms with van der Waals surface area (Å²) in [5.74, 6) is 1.50. The Labute approximate surface area is 403 Å². The van der Waals surface area contributed by atoms with Crippen molar-refractivity contribution in [2.24, 2.45) is 27.6 Å². The fraction of sp³-hybridized carbons (Fsp3) is 0.462. The zero-order valence-electron chi connectivity index (χ0n) is 44.1. The van der Waals surface area contributed by atoms with Gasteiger partial charge in [0.05, 0.1) is 19.0 Å². The molecular formula is C52H85N9O6. The highest BCUT2D eigenvalue weighted by molar-refractivity contribution is 6.09. The largest absolute Gasteiger partial charge is 0.498 e. The predicted molar refractivity (Wildman–Crippen MR) is 280 cm³/mol. The molecule has 0 bridgehead atoms. The third kappa shape index (κ3) is 33.5. The minimum Gasteiger partial charge on any atom is -0.498 e. The molecule has 0 spiro atoms. The van der Waals surface area contributed by atoms with Crippen LogP contribution in [0.4, 0.5) is 10.7 Å². The molecule has 0 saturated carbocycles. The fourth-order valence-corrected chi connectivity index (χ4v) is 4.26. The third-order valence-corrected chi connectivity index (χ3v) is 7.54. The standard InChI is InChI=1S/C26H40N4O4.C19H27N5O2.C5H12.C2H6/c1-11-33-19(5)14-15-28-21(7)29-16-22(20(6)27)24(31)18(4)12-13-23(17(2)3)30-25(32)34-26(8,9)10;1-6-26-17-9-10-22-19(24-17)23-11-15(14(5)20)18(25)13(4)7-8-16(21)12(2)3;1-5(2,3)4;1-2/h12-15,29H,2,7,11,16,27H2,1,3-6,8-10H3,(H,30,32);7-10H,2,6,11,20-21H2,1,3-5H3,(H,22,23,24);1-4H3;1-2H3/b18-12+,19-14+,22-20-,23-13+,28-15-;13-7+,15-14-,16-8+;;. The van der Waals surface area contributed by atoms with E-state index in [1.807, 2.05) is 34.6 Å². The summed E-state index contributed by atoms with van der Waals surface area (Å²) in [4.78, 5) is 50.2. The number of Topliss-reactive ketones (excluding diaryl/α,β-unsaturated/α-hetero) is 2. The van der Waals surface area contributed by atoms with E-state index in [1.54, 1.807) is 111 Å². The van der Waals surface area contributed by atoms with Crippen LogP contribution in [0.1, 0.15) is 125 Å². The lowest BCUT2D eigenvalue weighted by Crippen LogP contribution is -2.32. The lowest BCUT2D eigenvalue weighted by Gasteiger charge is -2.20. The van der Waals surface area contributed by atoms with Gasteiger partial charge in [-0.25, -0.2) is 14.8 Å². The number of alkyl carbamates (subject to hydrolysis) is 1. The number of hydrogen-bond acceptors (Lipinski definition) is 14. The van der Waals surface area contributed by atoms with Crippen molar-refractivity contribution >= 4 is 29.8 Å². The zero-order valence-corrected chi connectivity index (χ0v) is 44.1. The quantitative estimate of drug-likeness (QED) is 0.0292. The topological polar surface area (TPSA) is 231 Å². The van der Waals surface area contributed by atoms with Gasteiger partial charge in [0, 0.05) is 65.5 Å². The minimum absolute atomic E-state index is 0.157. The van der Waals surface area contributed by atoms with Crippen molar-refractivity contribution in [2.45, 2.75) is 130 Å². The van der Waals surface area contributed by atoms with Crippen molar-refractivity contribution in [2.75, 3.05) is 31.6 Å². The molecule has 1 heterocycles. The maximum absolute atomic E-state index is 13.0. The number of nitrogens with zero attached hydrogens (tertiary/aromatic N) is 3. The van der Waals surface area contributed by atoms with Crippen LogP contribution in [0.3, 0.4) is 0 Å². The van der Waals surface area contributed by atoms with Crippen molar-refractivity contribution in [3.05, 3.63) is 130 Å². The molecule has 0 atom stereocenters. The van der Waals surface area contributed by atoms with Crippen LogP contribution >= 0.6 is 0 Å². The molecule has 0 aliphatic rings. The molecule has 1 amide bonds. The van der Waals surface area contributed by atoms with E-state index in [0.717, 1.165) is 11.3 Å². The molecule has 1 aromatic heterocycles. The number of nitrogens with one attached hydrogen (secondary N) is 3. The van der Waals surface area contributed by atoms with Gasteiger partial charge in [-0.1, -0.05) is 73.4 Å². The Hall–Kier alpha value is -6.64. The summed E-state index contributed by atoms with van der Waals surface area (Å²) in [6.45, 7) is 46.8. The van der Waals surface area contributed by atoms with Gasteiger partial charge in [-0.15, -0.1) is 0 Å². The maximum Gasteiger partial charge on any atom is 0.412 e. The first kappa shape index (κ1) is 64.6. The summed E-state index contributed by atoms with van der Waals surface area (Å²) < 4.78 is 15.9. The molecule has 67 heavy (non-hydrogen) atoms. The summed E-state index contributed by atoms with van der Waals surface area (Å²) in [5.41, 5.74) is 22.4. The predicted octanol–water partition coefficient (Wildman–Crippen LogP) is 10.3. The summed E-state index contributed by atoms with van der Waals surface area (Å²) in [6, 6.07) is 1.66. The highest BCUT2D eigenvalue weighted by Gasteiger charge is 2.18. The first-order chi connectivity index (χ1) is 30.9. The first-order valence-electron chi connectivity index (χ1n) is 22.2. The van der Waals surface area contributed by atoms with Crippen LogP contribution in [0.25, 0.3) is 0 Å². The van der Waals surface area contributed by atoms with Crippen molar-refractivity contribution in [1.29, 1.82) is 0 Å². The van der Waals surface area contributed by atoms with Crippen molar-refractivity contribution < 1.29 is 28.6 Å². The van der Waals surface area contributed by atoms with E-state index in [9.17, 15) is 14.4 Å². The van der Waals surface area contributed by atoms with Gasteiger partial charge in [-0.05, 0) is 129 Å². The van der Waals surface area contributed by atoms with E-state index < -0.39 is 11.7 Å². The average Bonchev–Trinajstić information content (AvgIpc) is 3.20. The number of hydrogen-bond donors (Lipinski definition) is 6. The van der Waals surface area contributed by atoms with Crippen LogP contribution in [0.5, 0.6) is 5.88 Å². The molecule has 15 nitrogen and oxygen atoms in total. The van der Waals surface area contributed by atoms with Crippen molar-refractivity contribution in [3.8, 4) is 5.88 Å². The molecule has 15 heteroatoms. The van der Waals surface area contributed by atoms with Crippen LogP contribution in [-0.4, -0.2) is 65.7 Å². The second-order valence-corrected chi connectivity index (χ2v) is 17.4. The highest BCUT2D eigenvalue weighted by Crippen LogP contribution is 2.15. The number of anilines is 1. The SMILES string of the molecule is C=C(/N=C\C=C(/C)OCC)NC/C(C(=O)/C(C)=C/C=C(/NC(=O)OC(C)(C)C)C(=C)C)=C(\C)N.C=C(C)/C(N)=C\C=C(/C)C(=O)/C(CNc1nccc(OCC)n1)=C(/C)N.CC.CC(C)(C)C. The molecule has 0 saturated heterocycles. The summed E-state index contributed by atoms with van der Waals surface area (Å²) in [5, 5.41) is 8.64. The first-order valence-corrected chi connectivity index (χ1v) is 22.2. The molecule has 0 aliphatic carbocycles. The Bertz CT molecular complexity index is 2060. The Kier molecular flexibility index (Phi) is 32.6. The number of aromatic nitrogens is 2. The van der Waals surface area contributed by atoms with E-state index in [-0.39, 0.29) is 24.7 Å². The molecule has 9 N–H and O–H groups in total. The molecule has 1 aromatic rings. The van der Waals surface area contributed by atoms with Crippen LogP contribution in [-0.2, 0) is 19.1 Å². The van der Waals surface area contributed by atoms with Gasteiger partial charge in [-0.3, -0.25) is 14.9 Å². The fourth-order valence-electron chi connectivity index (χ4n) is 4.26. The van der Waals surface area contributed by atoms with Gasteiger partial charge in [0.1, 0.15) is 11.4 Å². The molecule has 374 valence electrons. The van der Waals surface area contributed by atoms with E-state index in [4.69, 9.17) is 31.4 Å². The number of allylic oxidation sites excluding steroid dienone is 12. The number of ketones is 2. The van der Waals surface area contributed by atoms with E-state index in [1.165, 1.54) is 0 Å². The van der Waals surface area contributed by atoms with Crippen molar-refractivity contribution in [3.63, 3.8) is 0 Å². The van der Waals surface area contributed by atoms with Gasteiger partial charge in [-0.2, -0.15) is 4.98 Å². The molecule has 1 rings (SSSR count). The molecule has 0 aliphatic heterocycles. The maximum atomic E-state index is 13.0. The van der Waals surface area contributed by atoms with Crippen LogP contribution in [0, 0.1) is 5.41 Å². The number of carbonyl (C=O) groups is 3. The Morgan fingerprint density at radius 1 is 0.746 bits per heavy atom. The van der Waals surface area contributed by atoms with Crippen molar-refractivity contribution in [1.82, 2.24) is 20.6 Å². The number of nitrogens with two attached hydrogens (primary N) is 3. The third-order valence-electron chi connectivity index (χ3n) is 7.54. The lowest BCUT2D eigenvalue weighted by molar-refractivity contribution is -0.113. The number of rotatable bonds is 21. The minimum atomic E-state index is -0.635. The number of carbonyl (C=O) groups excluding carboxylic acids is 3. The molecular weight excluding hydrogens is 847 g/mol. The highest BCUT2D eigenvalue weighted by atomic mass is 16.6. The van der Waals surface area contributed by atoms with Crippen LogP contribution < -0.4 is 37.9 Å². The second-order valence-electron chi connectivity index (χ2n) is 17.4. The Morgan fingerprint density at radius 3 is 1.70 bits per heavy atom. The van der Waals surface area contributed by atoms with Gasteiger partial charge in [0.2, 0.25) is 11.8 Å². The van der Waals surface area contributed by atoms with Crippen LogP contribution in [0.15, 0.2) is 135 Å². The summed E-state index contributed by atoms with van der Waals surface area (Å²) in [6.07, 6.45) is 10.8. The number of aliphatic imine (C=N–C) groups is 1. The number of ether oxygens (including phenoxy) is 3. The van der Waals surface area contributed by atoms with Gasteiger partial charge in [0.25, 0.3) is 0 Å². The smallest absolute Gasteiger partial charge is 0.412 e. The monoisotopic (exact) mass is 932 g/mol. The lowest BCUT2D eigenvalue weighted by atomic mass is 10.0. The van der Waals surface area contributed by atoms with Gasteiger partial charge >= 0.3 is 6.09 Å². The molecule has 0 fully saturated rings. The molecule has 0 unspecified atom stereocenters. The van der Waals surface area contributed by atoms with E-state index in [2.05, 4.69) is 78.3 Å². The second kappa shape index (κ2) is 33.8. The van der Waals surface area contributed by atoms with Gasteiger partial charge < -0.3 is 42.0 Å². The van der Waals surface area contributed by atoms with E-state index in [0.29, 0.717) is 86.9 Å². The average molecular weight is 932 g/mol. The van der Waals surface area contributed by atoms with Gasteiger partial charge in [0.15, 0.2) is 11.6 Å². The normalized spacial score (nSPS) is 13.1. The van der Waals surface area contributed by atoms with Crippen LogP contribution in [0.2, 0.25) is 0 Å². The Balaban J connectivity index is -0.00000110. The Morgan fingerprint density at radius 2 is 1.25 bits per heavy atom. The van der Waals surface area contributed by atoms with E-state index >= 15 is 0 Å². The summed E-state index contributed by atoms with van der Waals surface area (Å²) >= 11 is 0. The zero-order chi connectivity index (χ0) is 52.7. The number of amides is 1. The molecule has 0 aromatic carbocycles. The summed E-state index contributed by atoms with van der Waals surface area (Å²) in [7, 11) is 0. The molecule has 0 radical (unpaired) electrons.